The van der Waals surface area contributed by atoms with E-state index in [1.165, 1.54) is 42.5 Å². The van der Waals surface area contributed by atoms with E-state index in [0.29, 0.717) is 15.9 Å². The van der Waals surface area contributed by atoms with Crippen molar-refractivity contribution in [3.63, 3.8) is 0 Å². The second kappa shape index (κ2) is 15.6. The van der Waals surface area contributed by atoms with Gasteiger partial charge in [0.05, 0.1) is 21.2 Å². The molecule has 0 unspecified atom stereocenters. The fraction of sp³-hybridized carbons (Fsp3) is 0.297. The van der Waals surface area contributed by atoms with Crippen molar-refractivity contribution >= 4 is 39.1 Å². The molecule has 1 aliphatic carbocycles. The van der Waals surface area contributed by atoms with Crippen molar-refractivity contribution in [1.29, 1.82) is 0 Å². The fourth-order valence-electron chi connectivity index (χ4n) is 5.98. The van der Waals surface area contributed by atoms with Crippen LogP contribution in [0.2, 0.25) is 5.02 Å². The van der Waals surface area contributed by atoms with E-state index in [1.54, 1.807) is 43.3 Å². The summed E-state index contributed by atoms with van der Waals surface area (Å²) in [7, 11) is -4.68. The molecule has 50 heavy (non-hydrogen) atoms. The van der Waals surface area contributed by atoms with Gasteiger partial charge in [0.25, 0.3) is 10.0 Å². The zero-order valence-electron chi connectivity index (χ0n) is 27.2. The topological polar surface area (TPSA) is 86.8 Å². The molecule has 2 amide bonds. The number of anilines is 1. The van der Waals surface area contributed by atoms with Crippen LogP contribution >= 0.6 is 11.6 Å². The van der Waals surface area contributed by atoms with Gasteiger partial charge in [-0.3, -0.25) is 13.9 Å². The number of nitrogens with zero attached hydrogens (tertiary/aromatic N) is 2. The maximum atomic E-state index is 15.1. The van der Waals surface area contributed by atoms with E-state index in [1.807, 2.05) is 0 Å². The third kappa shape index (κ3) is 8.83. The molecule has 0 bridgehead atoms. The molecule has 1 aliphatic rings. The summed E-state index contributed by atoms with van der Waals surface area (Å²) < 4.78 is 86.0. The summed E-state index contributed by atoms with van der Waals surface area (Å²) in [6, 6.07) is 21.3. The van der Waals surface area contributed by atoms with E-state index in [4.69, 9.17) is 11.6 Å². The highest BCUT2D eigenvalue weighted by Crippen LogP contribution is 2.38. The van der Waals surface area contributed by atoms with Crippen LogP contribution in [0.3, 0.4) is 0 Å². The molecule has 4 aromatic carbocycles. The zero-order chi connectivity index (χ0) is 36.1. The molecule has 0 heterocycles. The fourth-order valence-corrected chi connectivity index (χ4v) is 7.61. The number of alkyl halides is 3. The third-order valence-electron chi connectivity index (χ3n) is 8.70. The van der Waals surface area contributed by atoms with Crippen molar-refractivity contribution in [3.8, 4) is 0 Å². The molecule has 4 aromatic rings. The molecular formula is C37H36ClF4N3O4S. The Morgan fingerprint density at radius 2 is 1.56 bits per heavy atom. The highest BCUT2D eigenvalue weighted by Gasteiger charge is 2.38. The Hall–Kier alpha value is -4.42. The van der Waals surface area contributed by atoms with E-state index in [0.717, 1.165) is 48.3 Å². The number of hydrogen-bond acceptors (Lipinski definition) is 4. The van der Waals surface area contributed by atoms with Crippen LogP contribution in [0.15, 0.2) is 102 Å². The van der Waals surface area contributed by atoms with Gasteiger partial charge in [-0.25, -0.2) is 12.8 Å². The maximum Gasteiger partial charge on any atom is 0.417 e. The van der Waals surface area contributed by atoms with Gasteiger partial charge in [0, 0.05) is 24.6 Å². The van der Waals surface area contributed by atoms with Crippen molar-refractivity contribution in [3.05, 3.63) is 130 Å². The van der Waals surface area contributed by atoms with Crippen LogP contribution in [-0.4, -0.2) is 43.8 Å². The normalized spacial score (nSPS) is 14.3. The summed E-state index contributed by atoms with van der Waals surface area (Å²) in [5.41, 5.74) is -0.301. The molecule has 0 aliphatic heterocycles. The largest absolute Gasteiger partial charge is 0.417 e. The van der Waals surface area contributed by atoms with Crippen LogP contribution in [0.4, 0.5) is 23.2 Å². The van der Waals surface area contributed by atoms with Crippen molar-refractivity contribution in [2.75, 3.05) is 10.8 Å². The van der Waals surface area contributed by atoms with Crippen molar-refractivity contribution in [2.24, 2.45) is 0 Å². The molecule has 264 valence electrons. The summed E-state index contributed by atoms with van der Waals surface area (Å²) in [4.78, 5) is 29.4. The SMILES string of the molecule is Cc1ccc(S(=O)(=O)N(CC(=O)N(Cc2ccccc2F)[C@@H](Cc2ccccc2)C(=O)NC2CCCC2)c2ccc(Cl)c(C(F)(F)F)c2)cc1. The quantitative estimate of drug-likeness (QED) is 0.152. The summed E-state index contributed by atoms with van der Waals surface area (Å²) in [6.07, 6.45) is -1.62. The molecular weight excluding hydrogens is 694 g/mol. The highest BCUT2D eigenvalue weighted by atomic mass is 35.5. The second-order valence-corrected chi connectivity index (χ2v) is 14.6. The first-order valence-corrected chi connectivity index (χ1v) is 17.9. The zero-order valence-corrected chi connectivity index (χ0v) is 28.7. The van der Waals surface area contributed by atoms with Gasteiger partial charge < -0.3 is 10.2 Å². The van der Waals surface area contributed by atoms with E-state index in [9.17, 15) is 31.2 Å². The van der Waals surface area contributed by atoms with Gasteiger partial charge in [-0.2, -0.15) is 13.2 Å². The molecule has 5 rings (SSSR count). The van der Waals surface area contributed by atoms with Crippen LogP contribution in [0.25, 0.3) is 0 Å². The number of sulfonamides is 1. The van der Waals surface area contributed by atoms with Gasteiger partial charge in [0.2, 0.25) is 11.8 Å². The number of hydrogen-bond donors (Lipinski definition) is 1. The molecule has 0 radical (unpaired) electrons. The number of carbonyl (C=O) groups excluding carboxylic acids is 2. The minimum absolute atomic E-state index is 0.00344. The van der Waals surface area contributed by atoms with Crippen molar-refractivity contribution in [1.82, 2.24) is 10.2 Å². The number of amides is 2. The number of carbonyl (C=O) groups is 2. The third-order valence-corrected chi connectivity index (χ3v) is 10.8. The summed E-state index contributed by atoms with van der Waals surface area (Å²) in [5, 5.41) is 2.35. The van der Waals surface area contributed by atoms with Crippen LogP contribution in [0.1, 0.15) is 47.9 Å². The van der Waals surface area contributed by atoms with Crippen LogP contribution < -0.4 is 9.62 Å². The van der Waals surface area contributed by atoms with Gasteiger partial charge >= 0.3 is 6.18 Å². The van der Waals surface area contributed by atoms with Crippen molar-refractivity contribution in [2.45, 2.75) is 68.7 Å². The Morgan fingerprint density at radius 1 is 0.920 bits per heavy atom. The minimum Gasteiger partial charge on any atom is -0.352 e. The van der Waals surface area contributed by atoms with Gasteiger partial charge in [-0.05, 0) is 61.7 Å². The molecule has 1 N–H and O–H groups in total. The molecule has 0 spiro atoms. The highest BCUT2D eigenvalue weighted by molar-refractivity contribution is 7.92. The first-order valence-electron chi connectivity index (χ1n) is 16.1. The lowest BCUT2D eigenvalue weighted by Crippen LogP contribution is -2.54. The summed E-state index contributed by atoms with van der Waals surface area (Å²) in [6.45, 7) is 0.302. The van der Waals surface area contributed by atoms with Crippen molar-refractivity contribution < 1.29 is 35.6 Å². The molecule has 1 atom stereocenters. The maximum absolute atomic E-state index is 15.1. The van der Waals surface area contributed by atoms with Gasteiger partial charge in [0.15, 0.2) is 0 Å². The molecule has 0 aromatic heterocycles. The molecule has 13 heteroatoms. The van der Waals surface area contributed by atoms with E-state index >= 15 is 4.39 Å². The number of nitrogens with one attached hydrogen (secondary N) is 1. The average molecular weight is 730 g/mol. The lowest BCUT2D eigenvalue weighted by atomic mass is 10.0. The van der Waals surface area contributed by atoms with Gasteiger partial charge in [-0.15, -0.1) is 0 Å². The standard InChI is InChI=1S/C37H36ClF4N3O4S/c1-25-15-18-30(19-16-25)50(48,49)45(29-17-20-32(38)31(22-29)37(40,41)42)24-35(46)44(23-27-11-5-8-14-33(27)39)34(21-26-9-3-2-4-10-26)36(47)43-28-12-6-7-13-28/h2-5,8-11,14-20,22,28,34H,6-7,12-13,21,23-24H2,1H3,(H,43,47)/t34-/m0/s1. The monoisotopic (exact) mass is 729 g/mol. The molecule has 1 fully saturated rings. The second-order valence-electron chi connectivity index (χ2n) is 12.3. The average Bonchev–Trinajstić information content (AvgIpc) is 3.59. The number of rotatable bonds is 12. The Morgan fingerprint density at radius 3 is 2.20 bits per heavy atom. The lowest BCUT2D eigenvalue weighted by molar-refractivity contribution is -0.140. The Bertz CT molecular complexity index is 1920. The van der Waals surface area contributed by atoms with Crippen LogP contribution in [0, 0.1) is 12.7 Å². The lowest BCUT2D eigenvalue weighted by Gasteiger charge is -2.34. The molecule has 1 saturated carbocycles. The Labute approximate surface area is 293 Å². The predicted molar refractivity (Wildman–Crippen MR) is 183 cm³/mol. The summed E-state index contributed by atoms with van der Waals surface area (Å²) in [5.74, 6) is -2.10. The molecule has 7 nitrogen and oxygen atoms in total. The van der Waals surface area contributed by atoms with Gasteiger partial charge in [-0.1, -0.05) is 90.7 Å². The number of benzene rings is 4. The minimum atomic E-state index is -4.94. The van der Waals surface area contributed by atoms with Crippen LogP contribution in [0.5, 0.6) is 0 Å². The number of aryl methyl sites for hydroxylation is 1. The first-order chi connectivity index (χ1) is 23.7. The van der Waals surface area contributed by atoms with Gasteiger partial charge in [0.1, 0.15) is 18.4 Å². The smallest absolute Gasteiger partial charge is 0.352 e. The van der Waals surface area contributed by atoms with Crippen LogP contribution in [-0.2, 0) is 38.8 Å². The molecule has 0 saturated heterocycles. The van der Waals surface area contributed by atoms with E-state index in [-0.39, 0.29) is 22.9 Å². The Balaban J connectivity index is 1.62. The Kier molecular flexibility index (Phi) is 11.5. The van der Waals surface area contributed by atoms with E-state index < -0.39 is 69.2 Å². The number of halogens is 5. The first kappa shape index (κ1) is 36.9. The summed E-state index contributed by atoms with van der Waals surface area (Å²) >= 11 is 5.88. The predicted octanol–water partition coefficient (Wildman–Crippen LogP) is 7.70. The van der Waals surface area contributed by atoms with E-state index in [2.05, 4.69) is 5.32 Å².